The summed E-state index contributed by atoms with van der Waals surface area (Å²) in [6.07, 6.45) is 4.50. The van der Waals surface area contributed by atoms with Gasteiger partial charge in [0.05, 0.1) is 0 Å². The van der Waals surface area contributed by atoms with Crippen molar-refractivity contribution in [2.45, 2.75) is 19.3 Å². The molecule has 0 saturated heterocycles. The fourth-order valence-corrected chi connectivity index (χ4v) is 0. The normalized spacial score (nSPS) is 15.8. The first-order chi connectivity index (χ1) is 2.50. The molecule has 0 spiro atoms. The molecule has 1 fully saturated rings. The van der Waals surface area contributed by atoms with Gasteiger partial charge in [-0.3, -0.25) is 0 Å². The third kappa shape index (κ3) is 11.1. The van der Waals surface area contributed by atoms with Crippen LogP contribution in [0, 0.1) is 0 Å². The van der Waals surface area contributed by atoms with Crippen molar-refractivity contribution in [1.82, 2.24) is 0 Å². The molecular weight excluding hydrogens is 181 g/mol. The van der Waals surface area contributed by atoms with Gasteiger partial charge in [-0.2, -0.15) is 0 Å². The monoisotopic (exact) mass is 185 g/mol. The molecule has 0 heterocycles. The molecule has 0 atom stereocenters. The summed E-state index contributed by atoms with van der Waals surface area (Å²) in [5, 5.41) is 0. The van der Waals surface area contributed by atoms with Gasteiger partial charge in [0.25, 0.3) is 0 Å². The van der Waals surface area contributed by atoms with Gasteiger partial charge in [-0.05, 0) is 0 Å². The zero-order chi connectivity index (χ0) is 4.12. The van der Waals surface area contributed by atoms with E-state index in [1.54, 1.807) is 0 Å². The van der Waals surface area contributed by atoms with E-state index in [1.807, 2.05) is 0 Å². The van der Waals surface area contributed by atoms with E-state index >= 15 is 0 Å². The summed E-state index contributed by atoms with van der Waals surface area (Å²) in [6.45, 7) is 0. The molecule has 1 saturated carbocycles. The molecular formula is C3H6BrZn+. The first-order valence-corrected chi connectivity index (χ1v) is 8.72. The van der Waals surface area contributed by atoms with Gasteiger partial charge in [0, 0.05) is 0 Å². The van der Waals surface area contributed by atoms with Crippen molar-refractivity contribution in [3.05, 3.63) is 0 Å². The average molecular weight is 187 g/mol. The summed E-state index contributed by atoms with van der Waals surface area (Å²) in [5.74, 6) is 0. The van der Waals surface area contributed by atoms with Crippen LogP contribution in [0.2, 0.25) is 0 Å². The Morgan fingerprint density at radius 1 is 1.00 bits per heavy atom. The van der Waals surface area contributed by atoms with Gasteiger partial charge in [0.15, 0.2) is 0 Å². The van der Waals surface area contributed by atoms with E-state index in [0.29, 0.717) is 0 Å². The van der Waals surface area contributed by atoms with Gasteiger partial charge in [-0.25, -0.2) is 0 Å². The topological polar surface area (TPSA) is 0 Å². The third-order valence-electron chi connectivity index (χ3n) is 0.354. The van der Waals surface area contributed by atoms with Crippen molar-refractivity contribution < 1.29 is 16.3 Å². The Kier molecular flexibility index (Phi) is 6.23. The molecule has 0 radical (unpaired) electrons. The van der Waals surface area contributed by atoms with Crippen LogP contribution in [-0.2, 0) is 16.3 Å². The van der Waals surface area contributed by atoms with Gasteiger partial charge >= 0.3 is 30.0 Å². The summed E-state index contributed by atoms with van der Waals surface area (Å²) < 4.78 is 0. The molecule has 0 amide bonds. The zero-order valence-electron chi connectivity index (χ0n) is 3.21. The molecule has 2 heteroatoms. The van der Waals surface area contributed by atoms with E-state index in [9.17, 15) is 0 Å². The fraction of sp³-hybridized carbons (Fsp3) is 1.00. The van der Waals surface area contributed by atoms with Crippen molar-refractivity contribution >= 4 is 13.6 Å². The van der Waals surface area contributed by atoms with Gasteiger partial charge in [-0.15, -0.1) is 0 Å². The van der Waals surface area contributed by atoms with E-state index in [-0.39, 0.29) is 0 Å². The number of hydrogen-bond acceptors (Lipinski definition) is 0. The van der Waals surface area contributed by atoms with Crippen molar-refractivity contribution in [2.75, 3.05) is 0 Å². The Bertz CT molecular complexity index is 11.6. The summed E-state index contributed by atoms with van der Waals surface area (Å²) in [7, 11) is 0. The Morgan fingerprint density at radius 3 is 1.20 bits per heavy atom. The SMILES string of the molecule is C1CC1.[Zn+][Br]. The Labute approximate surface area is 49.4 Å². The first kappa shape index (κ1) is 6.10. The standard InChI is InChI=1S/C3H6.BrH.Zn/c1-2-3-1;;/h1-3H2;1H;/q;;+2/p-1. The van der Waals surface area contributed by atoms with Gasteiger partial charge in [0.1, 0.15) is 0 Å². The molecule has 26 valence electrons. The summed E-state index contributed by atoms with van der Waals surface area (Å²) >= 11 is 4.25. The van der Waals surface area contributed by atoms with Crippen molar-refractivity contribution in [3.63, 3.8) is 0 Å². The minimum atomic E-state index is 1.19. The first-order valence-electron chi connectivity index (χ1n) is 1.77. The molecule has 0 bridgehead atoms. The molecule has 0 unspecified atom stereocenters. The second-order valence-electron chi connectivity index (χ2n) is 1.06. The van der Waals surface area contributed by atoms with E-state index in [2.05, 4.69) is 13.6 Å². The summed E-state index contributed by atoms with van der Waals surface area (Å²) in [5.41, 5.74) is 0. The maximum absolute atomic E-state index is 3.06. The number of rotatable bonds is 0. The van der Waals surface area contributed by atoms with Crippen molar-refractivity contribution in [1.29, 1.82) is 0 Å². The predicted octanol–water partition coefficient (Wildman–Crippen LogP) is 2.01. The molecule has 0 nitrogen and oxygen atoms in total. The molecule has 1 aliphatic rings. The summed E-state index contributed by atoms with van der Waals surface area (Å²) in [4.78, 5) is 0. The summed E-state index contributed by atoms with van der Waals surface area (Å²) in [6, 6.07) is 0. The van der Waals surface area contributed by atoms with Crippen LogP contribution < -0.4 is 0 Å². The van der Waals surface area contributed by atoms with Crippen LogP contribution in [0.1, 0.15) is 19.3 Å². The molecule has 1 aliphatic carbocycles. The second-order valence-corrected chi connectivity index (χ2v) is 1.06. The molecule has 0 N–H and O–H groups in total. The van der Waals surface area contributed by atoms with E-state index < -0.39 is 0 Å². The van der Waals surface area contributed by atoms with Crippen LogP contribution in [-0.4, -0.2) is 0 Å². The number of hydrogen-bond donors (Lipinski definition) is 0. The Morgan fingerprint density at radius 2 is 1.20 bits per heavy atom. The van der Waals surface area contributed by atoms with Gasteiger partial charge < -0.3 is 0 Å². The molecule has 1 rings (SSSR count). The van der Waals surface area contributed by atoms with Gasteiger partial charge in [0.2, 0.25) is 0 Å². The zero-order valence-corrected chi connectivity index (χ0v) is 7.76. The third-order valence-corrected chi connectivity index (χ3v) is 0.354. The number of halogens is 1. The van der Waals surface area contributed by atoms with Gasteiger partial charge in [-0.1, -0.05) is 19.3 Å². The van der Waals surface area contributed by atoms with Crippen LogP contribution in [0.25, 0.3) is 0 Å². The second kappa shape index (κ2) is 5.10. The van der Waals surface area contributed by atoms with Crippen LogP contribution in [0.4, 0.5) is 0 Å². The van der Waals surface area contributed by atoms with Crippen molar-refractivity contribution in [3.8, 4) is 0 Å². The Hall–Kier alpha value is 1.10. The molecule has 0 aromatic carbocycles. The quantitative estimate of drug-likeness (QED) is 0.509. The van der Waals surface area contributed by atoms with Crippen LogP contribution in [0.3, 0.4) is 0 Å². The van der Waals surface area contributed by atoms with E-state index in [0.717, 1.165) is 0 Å². The average Bonchev–Trinajstić information content (AvgIpc) is 2.19. The van der Waals surface area contributed by atoms with Crippen LogP contribution >= 0.6 is 13.6 Å². The molecule has 0 aromatic heterocycles. The van der Waals surface area contributed by atoms with Crippen LogP contribution in [0.15, 0.2) is 0 Å². The maximum atomic E-state index is 3.06. The van der Waals surface area contributed by atoms with Crippen LogP contribution in [0.5, 0.6) is 0 Å². The van der Waals surface area contributed by atoms with Crippen molar-refractivity contribution in [2.24, 2.45) is 0 Å². The fourth-order valence-electron chi connectivity index (χ4n) is 0. The minimum absolute atomic E-state index is 1.19. The Balaban J connectivity index is 0.0000000733. The molecule has 0 aliphatic heterocycles. The van der Waals surface area contributed by atoms with E-state index in [4.69, 9.17) is 0 Å². The van der Waals surface area contributed by atoms with E-state index in [1.165, 1.54) is 35.6 Å². The molecule has 0 aromatic rings. The molecule has 5 heavy (non-hydrogen) atoms. The predicted molar refractivity (Wildman–Crippen MR) is 22.8 cm³/mol.